The Morgan fingerprint density at radius 1 is 1.09 bits per heavy atom. The topological polar surface area (TPSA) is 84.2 Å². The fourth-order valence-corrected chi connectivity index (χ4v) is 2.27. The van der Waals surface area contributed by atoms with Gasteiger partial charge in [0.15, 0.2) is 0 Å². The van der Waals surface area contributed by atoms with Gasteiger partial charge < -0.3 is 16.4 Å². The molecule has 2 aromatic rings. The van der Waals surface area contributed by atoms with Crippen LogP contribution in [-0.4, -0.2) is 11.9 Å². The molecule has 5 nitrogen and oxygen atoms in total. The van der Waals surface area contributed by atoms with Gasteiger partial charge in [-0.1, -0.05) is 31.2 Å². The fourth-order valence-electron chi connectivity index (χ4n) is 2.27. The number of primary amides is 1. The van der Waals surface area contributed by atoms with Crippen LogP contribution in [0.4, 0.5) is 16.2 Å². The summed E-state index contributed by atoms with van der Waals surface area (Å²) in [6.07, 6.45) is 0.834. The Morgan fingerprint density at radius 2 is 1.82 bits per heavy atom. The predicted molar refractivity (Wildman–Crippen MR) is 88.2 cm³/mol. The Bertz CT molecular complexity index is 711. The summed E-state index contributed by atoms with van der Waals surface area (Å²) >= 11 is 0. The van der Waals surface area contributed by atoms with E-state index in [1.807, 2.05) is 32.0 Å². The molecule has 0 saturated carbocycles. The van der Waals surface area contributed by atoms with Crippen LogP contribution in [0.1, 0.15) is 28.4 Å². The van der Waals surface area contributed by atoms with E-state index in [1.54, 1.807) is 24.3 Å². The number of benzene rings is 2. The Balaban J connectivity index is 2.25. The minimum atomic E-state index is -0.662. The van der Waals surface area contributed by atoms with Crippen LogP contribution < -0.4 is 16.4 Å². The first-order chi connectivity index (χ1) is 10.5. The minimum absolute atomic E-state index is 0.225. The van der Waals surface area contributed by atoms with Crippen molar-refractivity contribution in [2.45, 2.75) is 20.3 Å². The molecule has 0 saturated heterocycles. The third-order valence-electron chi connectivity index (χ3n) is 3.37. The van der Waals surface area contributed by atoms with Gasteiger partial charge >= 0.3 is 6.03 Å². The molecule has 0 fully saturated rings. The Labute approximate surface area is 129 Å². The maximum atomic E-state index is 12.4. The summed E-state index contributed by atoms with van der Waals surface area (Å²) in [5.74, 6) is -0.225. The lowest BCUT2D eigenvalue weighted by Gasteiger charge is -2.13. The molecule has 0 atom stereocenters. The maximum Gasteiger partial charge on any atom is 0.316 e. The van der Waals surface area contributed by atoms with Gasteiger partial charge in [-0.3, -0.25) is 4.79 Å². The molecule has 22 heavy (non-hydrogen) atoms. The second kappa shape index (κ2) is 6.76. The molecule has 0 aliphatic rings. The van der Waals surface area contributed by atoms with Crippen LogP contribution in [0.25, 0.3) is 0 Å². The number of anilines is 2. The molecular formula is C17H19N3O2. The van der Waals surface area contributed by atoms with E-state index in [0.717, 1.165) is 23.2 Å². The normalized spacial score (nSPS) is 10.1. The van der Waals surface area contributed by atoms with Crippen LogP contribution in [0, 0.1) is 6.92 Å². The van der Waals surface area contributed by atoms with Crippen molar-refractivity contribution in [2.75, 3.05) is 10.6 Å². The van der Waals surface area contributed by atoms with Gasteiger partial charge in [0.1, 0.15) is 0 Å². The number of rotatable bonds is 4. The first-order valence-electron chi connectivity index (χ1n) is 7.07. The number of hydrogen-bond donors (Lipinski definition) is 3. The number of aryl methyl sites for hydroxylation is 2. The Morgan fingerprint density at radius 3 is 2.50 bits per heavy atom. The largest absolute Gasteiger partial charge is 0.351 e. The number of carbonyl (C=O) groups is 2. The van der Waals surface area contributed by atoms with Gasteiger partial charge in [0.25, 0.3) is 5.91 Å². The first kappa shape index (κ1) is 15.6. The first-order valence-corrected chi connectivity index (χ1v) is 7.07. The highest BCUT2D eigenvalue weighted by atomic mass is 16.2. The van der Waals surface area contributed by atoms with Crippen molar-refractivity contribution in [1.29, 1.82) is 0 Å². The van der Waals surface area contributed by atoms with Crippen LogP contribution in [0.15, 0.2) is 42.5 Å². The second-order valence-electron chi connectivity index (χ2n) is 4.99. The van der Waals surface area contributed by atoms with Crippen LogP contribution in [0.5, 0.6) is 0 Å². The van der Waals surface area contributed by atoms with Crippen molar-refractivity contribution >= 4 is 23.3 Å². The van der Waals surface area contributed by atoms with Gasteiger partial charge in [0, 0.05) is 16.9 Å². The smallest absolute Gasteiger partial charge is 0.316 e. The van der Waals surface area contributed by atoms with Crippen molar-refractivity contribution in [1.82, 2.24) is 0 Å². The fraction of sp³-hybridized carbons (Fsp3) is 0.176. The lowest BCUT2D eigenvalue weighted by molar-refractivity contribution is 0.102. The number of nitrogens with two attached hydrogens (primary N) is 1. The lowest BCUT2D eigenvalue weighted by atomic mass is 10.1. The Kier molecular flexibility index (Phi) is 4.78. The average Bonchev–Trinajstić information content (AvgIpc) is 2.48. The van der Waals surface area contributed by atoms with Gasteiger partial charge in [0.05, 0.1) is 0 Å². The number of nitrogens with one attached hydrogen (secondary N) is 2. The third-order valence-corrected chi connectivity index (χ3v) is 3.37. The molecule has 0 radical (unpaired) electrons. The number of para-hydroxylation sites is 1. The molecule has 0 unspecified atom stereocenters. The molecule has 3 amide bonds. The molecule has 0 spiro atoms. The molecule has 2 rings (SSSR count). The van der Waals surface area contributed by atoms with Gasteiger partial charge in [-0.25, -0.2) is 4.79 Å². The zero-order valence-corrected chi connectivity index (χ0v) is 12.6. The van der Waals surface area contributed by atoms with E-state index in [1.165, 1.54) is 0 Å². The maximum absolute atomic E-state index is 12.4. The summed E-state index contributed by atoms with van der Waals surface area (Å²) in [6, 6.07) is 11.9. The monoisotopic (exact) mass is 297 g/mol. The van der Waals surface area contributed by atoms with E-state index in [4.69, 9.17) is 5.73 Å². The lowest BCUT2D eigenvalue weighted by Crippen LogP contribution is -2.20. The van der Waals surface area contributed by atoms with Crippen molar-refractivity contribution < 1.29 is 9.59 Å². The number of carbonyl (C=O) groups excluding carboxylic acids is 2. The molecule has 5 heteroatoms. The summed E-state index contributed by atoms with van der Waals surface area (Å²) < 4.78 is 0. The SMILES string of the molecule is CCc1cccc(C)c1NC(=O)c1cccc(NC(N)=O)c1. The zero-order valence-electron chi connectivity index (χ0n) is 12.6. The van der Waals surface area contributed by atoms with Crippen LogP contribution in [0.3, 0.4) is 0 Å². The molecule has 0 aromatic heterocycles. The average molecular weight is 297 g/mol. The molecule has 0 bridgehead atoms. The van der Waals surface area contributed by atoms with E-state index in [2.05, 4.69) is 10.6 Å². The van der Waals surface area contributed by atoms with E-state index in [0.29, 0.717) is 11.3 Å². The van der Waals surface area contributed by atoms with Crippen molar-refractivity contribution in [2.24, 2.45) is 5.73 Å². The molecule has 0 heterocycles. The third kappa shape index (κ3) is 3.63. The van der Waals surface area contributed by atoms with Crippen LogP contribution in [0.2, 0.25) is 0 Å². The number of amides is 3. The highest BCUT2D eigenvalue weighted by molar-refractivity contribution is 6.06. The van der Waals surface area contributed by atoms with E-state index in [9.17, 15) is 9.59 Å². The number of hydrogen-bond acceptors (Lipinski definition) is 2. The molecule has 114 valence electrons. The number of urea groups is 1. The van der Waals surface area contributed by atoms with Gasteiger partial charge in [-0.15, -0.1) is 0 Å². The summed E-state index contributed by atoms with van der Waals surface area (Å²) in [4.78, 5) is 23.3. The Hall–Kier alpha value is -2.82. The summed E-state index contributed by atoms with van der Waals surface area (Å²) in [6.45, 7) is 4.00. The summed E-state index contributed by atoms with van der Waals surface area (Å²) in [5, 5.41) is 5.40. The quantitative estimate of drug-likeness (QED) is 0.809. The molecule has 4 N–H and O–H groups in total. The molecule has 0 aliphatic carbocycles. The highest BCUT2D eigenvalue weighted by Crippen LogP contribution is 2.22. The van der Waals surface area contributed by atoms with Gasteiger partial charge in [0.2, 0.25) is 0 Å². The predicted octanol–water partition coefficient (Wildman–Crippen LogP) is 3.30. The molecular weight excluding hydrogens is 278 g/mol. The van der Waals surface area contributed by atoms with Gasteiger partial charge in [-0.2, -0.15) is 0 Å². The standard InChI is InChI=1S/C17H19N3O2/c1-3-12-7-4-6-11(2)15(12)20-16(21)13-8-5-9-14(10-13)19-17(18)22/h4-10H,3H2,1-2H3,(H,20,21)(H3,18,19,22). The summed E-state index contributed by atoms with van der Waals surface area (Å²) in [7, 11) is 0. The minimum Gasteiger partial charge on any atom is -0.351 e. The van der Waals surface area contributed by atoms with Crippen molar-refractivity contribution in [3.05, 3.63) is 59.2 Å². The van der Waals surface area contributed by atoms with E-state index < -0.39 is 6.03 Å². The van der Waals surface area contributed by atoms with Crippen molar-refractivity contribution in [3.63, 3.8) is 0 Å². The highest BCUT2D eigenvalue weighted by Gasteiger charge is 2.11. The zero-order chi connectivity index (χ0) is 16.1. The van der Waals surface area contributed by atoms with Crippen molar-refractivity contribution in [3.8, 4) is 0 Å². The van der Waals surface area contributed by atoms with Gasteiger partial charge in [-0.05, 0) is 42.7 Å². The van der Waals surface area contributed by atoms with E-state index >= 15 is 0 Å². The van der Waals surface area contributed by atoms with Crippen LogP contribution in [-0.2, 0) is 6.42 Å². The van der Waals surface area contributed by atoms with Crippen LogP contribution >= 0.6 is 0 Å². The molecule has 0 aliphatic heterocycles. The summed E-state index contributed by atoms with van der Waals surface area (Å²) in [5.41, 5.74) is 8.96. The van der Waals surface area contributed by atoms with E-state index in [-0.39, 0.29) is 5.91 Å². The molecule has 2 aromatic carbocycles. The second-order valence-corrected chi connectivity index (χ2v) is 4.99.